The Bertz CT molecular complexity index is 463. The summed E-state index contributed by atoms with van der Waals surface area (Å²) in [5, 5.41) is 3.85. The van der Waals surface area contributed by atoms with Gasteiger partial charge in [-0.15, -0.1) is 0 Å². The molecule has 0 bridgehead atoms. The summed E-state index contributed by atoms with van der Waals surface area (Å²) in [6.07, 6.45) is 2.10. The molecule has 1 aromatic rings. The van der Waals surface area contributed by atoms with Crippen LogP contribution in [0.15, 0.2) is 24.3 Å². The van der Waals surface area contributed by atoms with Gasteiger partial charge in [-0.2, -0.15) is 11.8 Å². The molecule has 1 N–H and O–H groups in total. The van der Waals surface area contributed by atoms with E-state index >= 15 is 0 Å². The van der Waals surface area contributed by atoms with E-state index in [1.807, 2.05) is 24.0 Å². The maximum atomic E-state index is 12.3. The van der Waals surface area contributed by atoms with Crippen LogP contribution in [0.3, 0.4) is 0 Å². The number of nitrogens with zero attached hydrogens (tertiary/aromatic N) is 1. The SMILES string of the molecule is CSC(C)CN1C(=O)C(C)NC1c1ccccc1C. The number of nitrogens with one attached hydrogen (secondary N) is 1. The average Bonchev–Trinajstić information content (AvgIpc) is 2.67. The highest BCUT2D eigenvalue weighted by molar-refractivity contribution is 7.99. The van der Waals surface area contributed by atoms with Gasteiger partial charge >= 0.3 is 0 Å². The van der Waals surface area contributed by atoms with Gasteiger partial charge in [0, 0.05) is 11.8 Å². The molecular weight excluding hydrogens is 256 g/mol. The molecule has 1 aromatic carbocycles. The van der Waals surface area contributed by atoms with Gasteiger partial charge in [-0.1, -0.05) is 31.2 Å². The van der Waals surface area contributed by atoms with Crippen molar-refractivity contribution in [1.82, 2.24) is 10.2 Å². The van der Waals surface area contributed by atoms with E-state index in [0.29, 0.717) is 5.25 Å². The van der Waals surface area contributed by atoms with E-state index in [0.717, 1.165) is 6.54 Å². The lowest BCUT2D eigenvalue weighted by Crippen LogP contribution is -2.35. The highest BCUT2D eigenvalue weighted by Gasteiger charge is 2.37. The average molecular weight is 278 g/mol. The molecule has 3 atom stereocenters. The van der Waals surface area contributed by atoms with Crippen LogP contribution in [0.4, 0.5) is 0 Å². The van der Waals surface area contributed by atoms with Gasteiger partial charge in [-0.25, -0.2) is 0 Å². The first kappa shape index (κ1) is 14.4. The Morgan fingerprint density at radius 1 is 1.42 bits per heavy atom. The quantitative estimate of drug-likeness (QED) is 0.918. The third kappa shape index (κ3) is 2.95. The molecule has 0 saturated carbocycles. The zero-order chi connectivity index (χ0) is 14.0. The van der Waals surface area contributed by atoms with Crippen molar-refractivity contribution < 1.29 is 4.79 Å². The lowest BCUT2D eigenvalue weighted by atomic mass is 10.1. The smallest absolute Gasteiger partial charge is 0.241 e. The Hall–Kier alpha value is -1.00. The first-order valence-corrected chi connectivity index (χ1v) is 7.98. The van der Waals surface area contributed by atoms with Crippen molar-refractivity contribution in [2.45, 2.75) is 38.2 Å². The van der Waals surface area contributed by atoms with Gasteiger partial charge in [0.2, 0.25) is 5.91 Å². The number of hydrogen-bond donors (Lipinski definition) is 1. The normalized spacial score (nSPS) is 24.8. The molecule has 0 aliphatic carbocycles. The highest BCUT2D eigenvalue weighted by Crippen LogP contribution is 2.28. The van der Waals surface area contributed by atoms with Gasteiger partial charge in [-0.05, 0) is 31.2 Å². The van der Waals surface area contributed by atoms with Gasteiger partial charge in [-0.3, -0.25) is 10.1 Å². The first-order chi connectivity index (χ1) is 9.04. The lowest BCUT2D eigenvalue weighted by Gasteiger charge is -2.27. The van der Waals surface area contributed by atoms with Crippen LogP contribution in [0.5, 0.6) is 0 Å². The van der Waals surface area contributed by atoms with Crippen molar-refractivity contribution in [3.05, 3.63) is 35.4 Å². The number of benzene rings is 1. The monoisotopic (exact) mass is 278 g/mol. The molecule has 4 heteroatoms. The molecule has 1 heterocycles. The molecule has 1 fully saturated rings. The van der Waals surface area contributed by atoms with E-state index < -0.39 is 0 Å². The van der Waals surface area contributed by atoms with Gasteiger partial charge in [0.15, 0.2) is 0 Å². The summed E-state index contributed by atoms with van der Waals surface area (Å²) in [5.41, 5.74) is 2.43. The molecule has 1 aliphatic rings. The van der Waals surface area contributed by atoms with E-state index in [2.05, 4.69) is 37.6 Å². The van der Waals surface area contributed by atoms with Crippen LogP contribution in [0, 0.1) is 6.92 Å². The summed E-state index contributed by atoms with van der Waals surface area (Å²) in [4.78, 5) is 14.3. The molecule has 1 aliphatic heterocycles. The molecule has 3 unspecified atom stereocenters. The van der Waals surface area contributed by atoms with Crippen molar-refractivity contribution in [2.24, 2.45) is 0 Å². The lowest BCUT2D eigenvalue weighted by molar-refractivity contribution is -0.129. The number of hydrogen-bond acceptors (Lipinski definition) is 3. The van der Waals surface area contributed by atoms with Crippen LogP contribution in [0.1, 0.15) is 31.1 Å². The summed E-state index contributed by atoms with van der Waals surface area (Å²) < 4.78 is 0. The van der Waals surface area contributed by atoms with Crippen molar-refractivity contribution >= 4 is 17.7 Å². The minimum Gasteiger partial charge on any atom is -0.320 e. The molecule has 1 saturated heterocycles. The summed E-state index contributed by atoms with van der Waals surface area (Å²) >= 11 is 1.79. The van der Waals surface area contributed by atoms with Crippen LogP contribution in [-0.2, 0) is 4.79 Å². The molecule has 0 spiro atoms. The van der Waals surface area contributed by atoms with E-state index in [1.165, 1.54) is 11.1 Å². The van der Waals surface area contributed by atoms with Crippen LogP contribution >= 0.6 is 11.8 Å². The van der Waals surface area contributed by atoms with E-state index in [9.17, 15) is 4.79 Å². The Kier molecular flexibility index (Phi) is 4.53. The molecule has 3 nitrogen and oxygen atoms in total. The fourth-order valence-electron chi connectivity index (χ4n) is 2.47. The molecule has 104 valence electrons. The van der Waals surface area contributed by atoms with Gasteiger partial charge in [0.25, 0.3) is 0 Å². The van der Waals surface area contributed by atoms with Gasteiger partial charge in [0.1, 0.15) is 6.17 Å². The van der Waals surface area contributed by atoms with Crippen LogP contribution in [-0.4, -0.2) is 34.9 Å². The first-order valence-electron chi connectivity index (χ1n) is 6.69. The van der Waals surface area contributed by atoms with Crippen molar-refractivity contribution in [3.63, 3.8) is 0 Å². The molecule has 2 rings (SSSR count). The Morgan fingerprint density at radius 2 is 2.11 bits per heavy atom. The largest absolute Gasteiger partial charge is 0.320 e. The second-order valence-corrected chi connectivity index (χ2v) is 6.46. The summed E-state index contributed by atoms with van der Waals surface area (Å²) in [6, 6.07) is 8.18. The van der Waals surface area contributed by atoms with E-state index in [1.54, 1.807) is 11.8 Å². The number of thioether (sulfide) groups is 1. The fourth-order valence-corrected chi connectivity index (χ4v) is 2.78. The maximum Gasteiger partial charge on any atom is 0.241 e. The molecule has 1 amide bonds. The maximum absolute atomic E-state index is 12.3. The minimum absolute atomic E-state index is 0.0123. The van der Waals surface area contributed by atoms with Crippen LogP contribution in [0.25, 0.3) is 0 Å². The standard InChI is InChI=1S/C15H22N2OS/c1-10-7-5-6-8-13(10)14-16-12(3)15(18)17(14)9-11(2)19-4/h5-8,11-12,14,16H,9H2,1-4H3. The van der Waals surface area contributed by atoms with Crippen molar-refractivity contribution in [2.75, 3.05) is 12.8 Å². The van der Waals surface area contributed by atoms with Gasteiger partial charge < -0.3 is 4.90 Å². The third-order valence-electron chi connectivity index (χ3n) is 3.71. The molecule has 0 aromatic heterocycles. The predicted molar refractivity (Wildman–Crippen MR) is 81.2 cm³/mol. The molecule has 19 heavy (non-hydrogen) atoms. The van der Waals surface area contributed by atoms with Gasteiger partial charge in [0.05, 0.1) is 6.04 Å². The second-order valence-electron chi connectivity index (χ2n) is 5.18. The van der Waals surface area contributed by atoms with Crippen LogP contribution < -0.4 is 5.32 Å². The number of aryl methyl sites for hydroxylation is 1. The van der Waals surface area contributed by atoms with Crippen molar-refractivity contribution in [3.8, 4) is 0 Å². The Labute approximate surface area is 119 Å². The summed E-state index contributed by atoms with van der Waals surface area (Å²) in [7, 11) is 0. The number of carbonyl (C=O) groups is 1. The Balaban J connectivity index is 2.27. The second kappa shape index (κ2) is 5.97. The number of rotatable bonds is 4. The van der Waals surface area contributed by atoms with Crippen LogP contribution in [0.2, 0.25) is 0 Å². The summed E-state index contributed by atoms with van der Waals surface area (Å²) in [5.74, 6) is 0.203. The fraction of sp³-hybridized carbons (Fsp3) is 0.533. The predicted octanol–water partition coefficient (Wildman–Crippen LogP) is 2.57. The number of amides is 1. The molecular formula is C15H22N2OS. The highest BCUT2D eigenvalue weighted by atomic mass is 32.2. The molecule has 0 radical (unpaired) electrons. The minimum atomic E-state index is -0.0985. The van der Waals surface area contributed by atoms with E-state index in [4.69, 9.17) is 0 Å². The zero-order valence-corrected chi connectivity index (χ0v) is 12.8. The topological polar surface area (TPSA) is 32.3 Å². The Morgan fingerprint density at radius 3 is 2.74 bits per heavy atom. The summed E-state index contributed by atoms with van der Waals surface area (Å²) in [6.45, 7) is 6.99. The van der Waals surface area contributed by atoms with Crippen molar-refractivity contribution in [1.29, 1.82) is 0 Å². The van der Waals surface area contributed by atoms with E-state index in [-0.39, 0.29) is 18.1 Å². The number of carbonyl (C=O) groups excluding carboxylic acids is 1. The third-order valence-corrected chi connectivity index (χ3v) is 4.67. The zero-order valence-electron chi connectivity index (χ0n) is 12.0.